The average molecular weight is 197 g/mol. The first-order valence-electron chi connectivity index (χ1n) is 4.11. The van der Waals surface area contributed by atoms with Gasteiger partial charge in [-0.25, -0.2) is 0 Å². The average Bonchev–Trinajstić information content (AvgIpc) is 2.11. The van der Waals surface area contributed by atoms with Crippen molar-refractivity contribution in [1.29, 1.82) is 10.7 Å². The Morgan fingerprint density at radius 1 is 1.62 bits per heavy atom. The number of hydrogen-bond acceptors (Lipinski definition) is 2. The molecular weight excluding hydrogens is 184 g/mol. The highest BCUT2D eigenvalue weighted by atomic mass is 35.5. The van der Waals surface area contributed by atoms with Crippen LogP contribution in [-0.2, 0) is 0 Å². The molecule has 0 fully saturated rings. The van der Waals surface area contributed by atoms with E-state index in [1.54, 1.807) is 12.1 Å². The van der Waals surface area contributed by atoms with E-state index in [4.69, 9.17) is 22.3 Å². The van der Waals surface area contributed by atoms with Crippen molar-refractivity contribution in [3.05, 3.63) is 22.8 Å². The van der Waals surface area contributed by atoms with Crippen LogP contribution in [-0.4, -0.2) is 5.71 Å². The minimum absolute atomic E-state index is 0.0253. The number of nitrogens with zero attached hydrogens (tertiary/aromatic N) is 1. The fraction of sp³-hybridized carbons (Fsp3) is 0.400. The van der Waals surface area contributed by atoms with Crippen LogP contribution in [0.5, 0.6) is 0 Å². The van der Waals surface area contributed by atoms with Gasteiger partial charge in [-0.2, -0.15) is 5.26 Å². The fourth-order valence-corrected chi connectivity index (χ4v) is 1.10. The topological polar surface area (TPSA) is 47.6 Å². The lowest BCUT2D eigenvalue weighted by molar-refractivity contribution is 1.02. The SMILES string of the molecule is CC/C(C/C=C\C(=N)C#N)=C(/C)Cl. The summed E-state index contributed by atoms with van der Waals surface area (Å²) in [5.74, 6) is 0. The van der Waals surface area contributed by atoms with Gasteiger partial charge in [-0.05, 0) is 25.8 Å². The molecule has 0 aliphatic carbocycles. The molecule has 0 aliphatic rings. The Kier molecular flexibility index (Phi) is 5.92. The molecule has 2 nitrogen and oxygen atoms in total. The zero-order chi connectivity index (χ0) is 10.3. The summed E-state index contributed by atoms with van der Waals surface area (Å²) >= 11 is 5.82. The van der Waals surface area contributed by atoms with Crippen molar-refractivity contribution in [2.45, 2.75) is 26.7 Å². The maximum atomic E-state index is 8.30. The summed E-state index contributed by atoms with van der Waals surface area (Å²) in [6, 6.07) is 1.73. The van der Waals surface area contributed by atoms with Gasteiger partial charge in [0.25, 0.3) is 0 Å². The zero-order valence-corrected chi connectivity index (χ0v) is 8.65. The van der Waals surface area contributed by atoms with E-state index in [0.717, 1.165) is 23.4 Å². The normalized spacial score (nSPS) is 12.5. The quantitative estimate of drug-likeness (QED) is 0.689. The molecule has 70 valence electrons. The van der Waals surface area contributed by atoms with Crippen molar-refractivity contribution in [1.82, 2.24) is 0 Å². The Labute approximate surface area is 84.0 Å². The van der Waals surface area contributed by atoms with Crippen LogP contribution in [0.25, 0.3) is 0 Å². The molecule has 0 amide bonds. The van der Waals surface area contributed by atoms with E-state index in [0.29, 0.717) is 0 Å². The van der Waals surface area contributed by atoms with Crippen LogP contribution in [0.15, 0.2) is 22.8 Å². The van der Waals surface area contributed by atoms with Crippen LogP contribution in [0.3, 0.4) is 0 Å². The van der Waals surface area contributed by atoms with Gasteiger partial charge in [0, 0.05) is 5.03 Å². The summed E-state index contributed by atoms with van der Waals surface area (Å²) in [6.07, 6.45) is 4.90. The molecule has 0 aromatic carbocycles. The summed E-state index contributed by atoms with van der Waals surface area (Å²) in [4.78, 5) is 0. The minimum Gasteiger partial charge on any atom is -0.290 e. The lowest BCUT2D eigenvalue weighted by Crippen LogP contribution is -1.85. The van der Waals surface area contributed by atoms with Gasteiger partial charge in [0.1, 0.15) is 11.8 Å². The summed E-state index contributed by atoms with van der Waals surface area (Å²) in [6.45, 7) is 3.88. The zero-order valence-electron chi connectivity index (χ0n) is 7.89. The third kappa shape index (κ3) is 5.21. The second-order valence-electron chi connectivity index (χ2n) is 2.62. The molecule has 0 aliphatic heterocycles. The Balaban J connectivity index is 4.18. The maximum Gasteiger partial charge on any atom is 0.131 e. The van der Waals surface area contributed by atoms with Crippen LogP contribution in [0.4, 0.5) is 0 Å². The van der Waals surface area contributed by atoms with Crippen molar-refractivity contribution in [2.75, 3.05) is 0 Å². The Morgan fingerprint density at radius 2 is 2.23 bits per heavy atom. The van der Waals surface area contributed by atoms with E-state index in [-0.39, 0.29) is 5.71 Å². The molecule has 0 rings (SSSR count). The molecule has 0 aromatic heterocycles. The Hall–Kier alpha value is -1.07. The number of allylic oxidation sites excluding steroid dienone is 4. The molecule has 0 bridgehead atoms. The largest absolute Gasteiger partial charge is 0.290 e. The molecule has 0 spiro atoms. The molecule has 0 radical (unpaired) electrons. The molecule has 0 saturated heterocycles. The smallest absolute Gasteiger partial charge is 0.131 e. The van der Waals surface area contributed by atoms with Crippen molar-refractivity contribution in [3.8, 4) is 6.07 Å². The number of rotatable bonds is 4. The van der Waals surface area contributed by atoms with Gasteiger partial charge in [0.2, 0.25) is 0 Å². The lowest BCUT2D eigenvalue weighted by Gasteiger charge is -2.00. The van der Waals surface area contributed by atoms with E-state index in [9.17, 15) is 0 Å². The summed E-state index contributed by atoms with van der Waals surface area (Å²) < 4.78 is 0. The van der Waals surface area contributed by atoms with Crippen molar-refractivity contribution < 1.29 is 0 Å². The monoisotopic (exact) mass is 196 g/mol. The predicted molar refractivity (Wildman–Crippen MR) is 55.9 cm³/mol. The Morgan fingerprint density at radius 3 is 2.62 bits per heavy atom. The van der Waals surface area contributed by atoms with Crippen LogP contribution in [0.1, 0.15) is 26.7 Å². The lowest BCUT2D eigenvalue weighted by atomic mass is 10.1. The molecular formula is C10H13ClN2. The molecule has 0 atom stereocenters. The van der Waals surface area contributed by atoms with Gasteiger partial charge < -0.3 is 0 Å². The van der Waals surface area contributed by atoms with E-state index < -0.39 is 0 Å². The summed E-state index contributed by atoms with van der Waals surface area (Å²) in [5.41, 5.74) is 1.12. The first kappa shape index (κ1) is 11.9. The van der Waals surface area contributed by atoms with E-state index >= 15 is 0 Å². The molecule has 3 heteroatoms. The summed E-state index contributed by atoms with van der Waals surface area (Å²) in [7, 11) is 0. The number of hydrogen-bond donors (Lipinski definition) is 1. The van der Waals surface area contributed by atoms with Gasteiger partial charge in [-0.1, -0.05) is 30.2 Å². The minimum atomic E-state index is -0.0253. The fourth-order valence-electron chi connectivity index (χ4n) is 0.885. The van der Waals surface area contributed by atoms with Crippen molar-refractivity contribution >= 4 is 17.3 Å². The van der Waals surface area contributed by atoms with E-state index in [1.807, 2.05) is 13.8 Å². The van der Waals surface area contributed by atoms with Gasteiger partial charge in [0.05, 0.1) is 0 Å². The third-order valence-corrected chi connectivity index (χ3v) is 1.95. The van der Waals surface area contributed by atoms with Crippen LogP contribution in [0, 0.1) is 16.7 Å². The predicted octanol–water partition coefficient (Wildman–Crippen LogP) is 3.40. The van der Waals surface area contributed by atoms with Gasteiger partial charge in [-0.3, -0.25) is 5.41 Å². The van der Waals surface area contributed by atoms with E-state index in [1.165, 1.54) is 6.08 Å². The van der Waals surface area contributed by atoms with Crippen molar-refractivity contribution in [2.24, 2.45) is 0 Å². The highest BCUT2D eigenvalue weighted by molar-refractivity contribution is 6.29. The number of halogens is 1. The molecule has 0 saturated carbocycles. The van der Waals surface area contributed by atoms with Crippen LogP contribution >= 0.6 is 11.6 Å². The highest BCUT2D eigenvalue weighted by Crippen LogP contribution is 2.16. The van der Waals surface area contributed by atoms with Gasteiger partial charge in [-0.15, -0.1) is 0 Å². The van der Waals surface area contributed by atoms with Crippen molar-refractivity contribution in [3.63, 3.8) is 0 Å². The molecule has 0 unspecified atom stereocenters. The Bertz CT molecular complexity index is 278. The molecule has 0 aromatic rings. The van der Waals surface area contributed by atoms with Gasteiger partial charge >= 0.3 is 0 Å². The molecule has 1 N–H and O–H groups in total. The first-order chi connectivity index (χ1) is 6.11. The van der Waals surface area contributed by atoms with E-state index in [2.05, 4.69) is 0 Å². The van der Waals surface area contributed by atoms with Crippen LogP contribution < -0.4 is 0 Å². The first-order valence-corrected chi connectivity index (χ1v) is 4.49. The number of nitriles is 1. The highest BCUT2D eigenvalue weighted by Gasteiger charge is 1.95. The molecule has 0 heterocycles. The standard InChI is InChI=1S/C10H13ClN2/c1-3-9(8(2)11)5-4-6-10(13)7-12/h4,6,13H,3,5H2,1-2H3/b6-4-,9-8+,13-10?. The number of nitrogens with one attached hydrogen (secondary N) is 1. The maximum absolute atomic E-state index is 8.30. The second-order valence-corrected chi connectivity index (χ2v) is 3.19. The van der Waals surface area contributed by atoms with Gasteiger partial charge in [0.15, 0.2) is 0 Å². The second kappa shape index (κ2) is 6.45. The third-order valence-electron chi connectivity index (χ3n) is 1.68. The molecule has 13 heavy (non-hydrogen) atoms. The van der Waals surface area contributed by atoms with Crippen LogP contribution in [0.2, 0.25) is 0 Å². The summed E-state index contributed by atoms with van der Waals surface area (Å²) in [5, 5.41) is 16.2.